The number of benzene rings is 3. The van der Waals surface area contributed by atoms with E-state index in [0.29, 0.717) is 35.2 Å². The zero-order valence-corrected chi connectivity index (χ0v) is 18.6. The number of ether oxygens (including phenoxy) is 1. The Kier molecular flexibility index (Phi) is 7.27. The van der Waals surface area contributed by atoms with Gasteiger partial charge < -0.3 is 9.64 Å². The lowest BCUT2D eigenvalue weighted by molar-refractivity contribution is 0.416. The molecule has 31 heavy (non-hydrogen) atoms. The molecular formula is C22H22ClN3O4S. The third kappa shape index (κ3) is 6.04. The van der Waals surface area contributed by atoms with Crippen LogP contribution in [0, 0.1) is 0 Å². The number of nitrogens with zero attached hydrogens (tertiary/aromatic N) is 3. The van der Waals surface area contributed by atoms with Crippen molar-refractivity contribution < 1.29 is 17.7 Å². The van der Waals surface area contributed by atoms with E-state index in [-0.39, 0.29) is 4.90 Å². The third-order valence-corrected chi connectivity index (χ3v) is 5.67. The predicted molar refractivity (Wildman–Crippen MR) is 122 cm³/mol. The second-order valence-electron chi connectivity index (χ2n) is 6.67. The third-order valence-electron chi connectivity index (χ3n) is 4.58. The Balaban J connectivity index is 1.76. The van der Waals surface area contributed by atoms with Crippen LogP contribution in [-0.2, 0) is 16.7 Å². The highest BCUT2D eigenvalue weighted by Crippen LogP contribution is 2.32. The second kappa shape index (κ2) is 9.91. The molecule has 0 radical (unpaired) electrons. The van der Waals surface area contributed by atoms with Crippen LogP contribution >= 0.6 is 11.6 Å². The molecule has 0 amide bonds. The fraction of sp³-hybridized carbons (Fsp3) is 0.182. The maximum absolute atomic E-state index is 11.4. The molecule has 0 atom stereocenters. The largest absolute Gasteiger partial charge is 0.494 e. The normalized spacial score (nSPS) is 11.6. The van der Waals surface area contributed by atoms with Gasteiger partial charge in [0.2, 0.25) is 0 Å². The number of hydrogen-bond donors (Lipinski definition) is 1. The minimum atomic E-state index is -4.23. The number of halogens is 1. The van der Waals surface area contributed by atoms with Crippen LogP contribution in [0.2, 0.25) is 5.02 Å². The molecule has 9 heteroatoms. The average Bonchev–Trinajstić information content (AvgIpc) is 2.76. The van der Waals surface area contributed by atoms with Crippen LogP contribution in [0.25, 0.3) is 0 Å². The van der Waals surface area contributed by atoms with E-state index in [2.05, 4.69) is 15.1 Å². The molecule has 0 unspecified atom stereocenters. The molecule has 7 nitrogen and oxygen atoms in total. The highest BCUT2D eigenvalue weighted by molar-refractivity contribution is 7.85. The lowest BCUT2D eigenvalue weighted by Gasteiger charge is -2.23. The first-order valence-electron chi connectivity index (χ1n) is 9.47. The molecule has 3 rings (SSSR count). The van der Waals surface area contributed by atoms with E-state index in [1.54, 1.807) is 31.4 Å². The summed E-state index contributed by atoms with van der Waals surface area (Å²) in [7, 11) is -2.68. The van der Waals surface area contributed by atoms with Crippen molar-refractivity contribution in [3.8, 4) is 5.75 Å². The highest BCUT2D eigenvalue weighted by atomic mass is 35.5. The first-order chi connectivity index (χ1) is 14.8. The fourth-order valence-electron chi connectivity index (χ4n) is 2.99. The number of hydrogen-bond acceptors (Lipinski definition) is 6. The van der Waals surface area contributed by atoms with Gasteiger partial charge in [0.15, 0.2) is 0 Å². The Morgan fingerprint density at radius 2 is 1.77 bits per heavy atom. The molecular weight excluding hydrogens is 438 g/mol. The summed E-state index contributed by atoms with van der Waals surface area (Å²) < 4.78 is 37.3. The Bertz CT molecular complexity index is 1180. The molecule has 0 aliphatic heterocycles. The second-order valence-corrected chi connectivity index (χ2v) is 8.53. The zero-order valence-electron chi connectivity index (χ0n) is 17.1. The van der Waals surface area contributed by atoms with Crippen molar-refractivity contribution in [1.29, 1.82) is 0 Å². The molecule has 0 bridgehead atoms. The summed E-state index contributed by atoms with van der Waals surface area (Å²) in [5, 5.41) is 9.02. The molecule has 3 aromatic carbocycles. The van der Waals surface area contributed by atoms with E-state index in [4.69, 9.17) is 16.3 Å². The van der Waals surface area contributed by atoms with Crippen molar-refractivity contribution in [2.45, 2.75) is 18.4 Å². The molecule has 0 aliphatic carbocycles. The molecule has 0 fully saturated rings. The van der Waals surface area contributed by atoms with Crippen LogP contribution in [0.5, 0.6) is 5.75 Å². The molecule has 0 saturated carbocycles. The smallest absolute Gasteiger partial charge is 0.294 e. The molecule has 0 heterocycles. The minimum Gasteiger partial charge on any atom is -0.494 e. The van der Waals surface area contributed by atoms with Crippen molar-refractivity contribution in [3.05, 3.63) is 77.3 Å². The van der Waals surface area contributed by atoms with E-state index < -0.39 is 10.1 Å². The summed E-state index contributed by atoms with van der Waals surface area (Å²) in [5.41, 5.74) is 2.91. The van der Waals surface area contributed by atoms with Crippen molar-refractivity contribution in [3.63, 3.8) is 0 Å². The Labute approximate surface area is 186 Å². The Morgan fingerprint density at radius 3 is 2.42 bits per heavy atom. The van der Waals surface area contributed by atoms with Crippen molar-refractivity contribution in [2.75, 3.05) is 18.6 Å². The number of rotatable bonds is 8. The highest BCUT2D eigenvalue weighted by Gasteiger charge is 2.12. The van der Waals surface area contributed by atoms with E-state index in [0.717, 1.165) is 11.3 Å². The molecule has 0 aliphatic rings. The van der Waals surface area contributed by atoms with Gasteiger partial charge in [0.1, 0.15) is 11.4 Å². The first kappa shape index (κ1) is 22.7. The van der Waals surface area contributed by atoms with Crippen LogP contribution in [0.15, 0.2) is 81.9 Å². The quantitative estimate of drug-likeness (QED) is 0.327. The Hall–Kier alpha value is -2.94. The summed E-state index contributed by atoms with van der Waals surface area (Å²) in [5.74, 6) is 0.578. The van der Waals surface area contributed by atoms with Gasteiger partial charge in [0.05, 0.1) is 17.7 Å². The van der Waals surface area contributed by atoms with Gasteiger partial charge in [-0.15, -0.1) is 5.11 Å². The predicted octanol–water partition coefficient (Wildman–Crippen LogP) is 6.04. The van der Waals surface area contributed by atoms with Crippen molar-refractivity contribution >= 4 is 38.8 Å². The van der Waals surface area contributed by atoms with Crippen molar-refractivity contribution in [1.82, 2.24) is 0 Å². The van der Waals surface area contributed by atoms with E-state index in [1.165, 1.54) is 12.1 Å². The molecule has 162 valence electrons. The topological polar surface area (TPSA) is 91.6 Å². The van der Waals surface area contributed by atoms with E-state index in [1.807, 2.05) is 37.3 Å². The van der Waals surface area contributed by atoms with Gasteiger partial charge in [-0.3, -0.25) is 4.55 Å². The summed E-state index contributed by atoms with van der Waals surface area (Å²) in [4.78, 5) is 1.96. The number of azo groups is 1. The minimum absolute atomic E-state index is 0.117. The fourth-order valence-corrected chi connectivity index (χ4v) is 3.71. The molecule has 0 spiro atoms. The van der Waals surface area contributed by atoms with Gasteiger partial charge in [-0.1, -0.05) is 23.7 Å². The van der Waals surface area contributed by atoms with Gasteiger partial charge in [0, 0.05) is 23.8 Å². The summed E-state index contributed by atoms with van der Waals surface area (Å²) >= 11 is 6.02. The first-order valence-corrected chi connectivity index (χ1v) is 11.3. The average molecular weight is 460 g/mol. The maximum atomic E-state index is 11.4. The molecule has 0 saturated heterocycles. The van der Waals surface area contributed by atoms with Gasteiger partial charge in [-0.25, -0.2) is 0 Å². The summed E-state index contributed by atoms with van der Waals surface area (Å²) in [6.07, 6.45) is 0. The van der Waals surface area contributed by atoms with Gasteiger partial charge in [0.25, 0.3) is 10.1 Å². The number of anilines is 1. The maximum Gasteiger partial charge on any atom is 0.294 e. The monoisotopic (exact) mass is 459 g/mol. The van der Waals surface area contributed by atoms with Crippen molar-refractivity contribution in [2.24, 2.45) is 10.2 Å². The molecule has 3 aromatic rings. The molecule has 1 N–H and O–H groups in total. The number of methoxy groups -OCH3 is 1. The standard InChI is InChI=1S/C22H22ClN3O4S/c1-3-26(15-16-5-4-6-20(13-16)31(27,28)29)19-10-8-18(9-11-19)24-25-21-14-17(23)7-12-22(21)30-2/h4-14H,3,15H2,1-2H3,(H,27,28,29). The SMILES string of the molecule is CCN(Cc1cccc(S(=O)(=O)O)c1)c1ccc(N=Nc2cc(Cl)ccc2OC)cc1. The van der Waals surface area contributed by atoms with Gasteiger partial charge >= 0.3 is 0 Å². The zero-order chi connectivity index (χ0) is 22.4. The van der Waals surface area contributed by atoms with Crippen LogP contribution in [-0.4, -0.2) is 26.6 Å². The van der Waals surface area contributed by atoms with Gasteiger partial charge in [-0.2, -0.15) is 13.5 Å². The summed E-state index contributed by atoms with van der Waals surface area (Å²) in [6.45, 7) is 3.20. The van der Waals surface area contributed by atoms with Crippen LogP contribution in [0.3, 0.4) is 0 Å². The molecule has 0 aromatic heterocycles. The van der Waals surface area contributed by atoms with Crippen LogP contribution < -0.4 is 9.64 Å². The Morgan fingerprint density at radius 1 is 1.03 bits per heavy atom. The van der Waals surface area contributed by atoms with Crippen LogP contribution in [0.4, 0.5) is 17.1 Å². The summed E-state index contributed by atoms with van der Waals surface area (Å²) in [6, 6.07) is 18.9. The van der Waals surface area contributed by atoms with Gasteiger partial charge in [-0.05, 0) is 67.1 Å². The lowest BCUT2D eigenvalue weighted by Crippen LogP contribution is -2.22. The van der Waals surface area contributed by atoms with Crippen LogP contribution in [0.1, 0.15) is 12.5 Å². The lowest BCUT2D eigenvalue weighted by atomic mass is 10.2. The van der Waals surface area contributed by atoms with E-state index in [9.17, 15) is 13.0 Å². The van der Waals surface area contributed by atoms with E-state index >= 15 is 0 Å².